The van der Waals surface area contributed by atoms with Gasteiger partial charge in [-0.3, -0.25) is 0 Å². The van der Waals surface area contributed by atoms with Gasteiger partial charge in [-0.05, 0) is 36.5 Å². The molecule has 0 aliphatic heterocycles. The van der Waals surface area contributed by atoms with Crippen LogP contribution in [0.4, 0.5) is 5.69 Å². The van der Waals surface area contributed by atoms with Crippen molar-refractivity contribution in [2.24, 2.45) is 0 Å². The number of aryl methyl sites for hydroxylation is 1. The first-order valence-electron chi connectivity index (χ1n) is 4.92. The van der Waals surface area contributed by atoms with Gasteiger partial charge in [0.1, 0.15) is 5.75 Å². The average molecular weight is 193 g/mol. The van der Waals surface area contributed by atoms with E-state index in [1.807, 2.05) is 6.92 Å². The summed E-state index contributed by atoms with van der Waals surface area (Å²) in [6.07, 6.45) is 0. The number of nitrogen functional groups attached to an aromatic ring is 1. The monoisotopic (exact) mass is 193 g/mol. The molecule has 0 aliphatic rings. The van der Waals surface area contributed by atoms with Gasteiger partial charge in [0.2, 0.25) is 0 Å². The van der Waals surface area contributed by atoms with E-state index >= 15 is 0 Å². The van der Waals surface area contributed by atoms with E-state index in [0.29, 0.717) is 5.92 Å². The van der Waals surface area contributed by atoms with E-state index in [-0.39, 0.29) is 0 Å². The second kappa shape index (κ2) is 3.91. The Balaban J connectivity index is 3.43. The van der Waals surface area contributed by atoms with Crippen molar-refractivity contribution in [2.75, 3.05) is 12.8 Å². The molecular formula is C12H19NO. The highest BCUT2D eigenvalue weighted by molar-refractivity contribution is 5.64. The number of hydrogen-bond acceptors (Lipinski definition) is 2. The summed E-state index contributed by atoms with van der Waals surface area (Å²) in [4.78, 5) is 0. The summed E-state index contributed by atoms with van der Waals surface area (Å²) in [6, 6.07) is 2.16. The minimum atomic E-state index is 0.437. The summed E-state index contributed by atoms with van der Waals surface area (Å²) < 4.78 is 5.35. The van der Waals surface area contributed by atoms with Crippen LogP contribution in [0.25, 0.3) is 0 Å². The molecule has 1 aromatic carbocycles. The number of ether oxygens (including phenoxy) is 1. The zero-order valence-electron chi connectivity index (χ0n) is 9.64. The van der Waals surface area contributed by atoms with Crippen molar-refractivity contribution in [3.63, 3.8) is 0 Å². The maximum atomic E-state index is 6.01. The minimum absolute atomic E-state index is 0.437. The van der Waals surface area contributed by atoms with Crippen LogP contribution in [-0.2, 0) is 0 Å². The first-order valence-corrected chi connectivity index (χ1v) is 4.92. The third-order valence-electron chi connectivity index (χ3n) is 2.70. The van der Waals surface area contributed by atoms with Crippen molar-refractivity contribution in [1.82, 2.24) is 0 Å². The number of anilines is 1. The van der Waals surface area contributed by atoms with Crippen LogP contribution >= 0.6 is 0 Å². The molecule has 1 rings (SSSR count). The van der Waals surface area contributed by atoms with Crippen LogP contribution < -0.4 is 10.5 Å². The Morgan fingerprint density at radius 1 is 1.29 bits per heavy atom. The quantitative estimate of drug-likeness (QED) is 0.733. The van der Waals surface area contributed by atoms with E-state index < -0.39 is 0 Å². The zero-order chi connectivity index (χ0) is 10.9. The largest absolute Gasteiger partial charge is 0.494 e. The maximum absolute atomic E-state index is 6.01. The van der Waals surface area contributed by atoms with Crippen LogP contribution in [0.1, 0.15) is 36.5 Å². The number of benzene rings is 1. The van der Waals surface area contributed by atoms with E-state index in [0.717, 1.165) is 17.0 Å². The Hall–Kier alpha value is -1.18. The molecule has 2 N–H and O–H groups in total. The number of hydrogen-bond donors (Lipinski definition) is 1. The molecule has 78 valence electrons. The molecule has 0 bridgehead atoms. The lowest BCUT2D eigenvalue weighted by atomic mass is 9.95. The van der Waals surface area contributed by atoms with E-state index in [4.69, 9.17) is 10.5 Å². The molecule has 2 heteroatoms. The van der Waals surface area contributed by atoms with Gasteiger partial charge < -0.3 is 10.5 Å². The Kier molecular flexibility index (Phi) is 3.04. The molecule has 0 aliphatic carbocycles. The molecule has 0 spiro atoms. The fourth-order valence-corrected chi connectivity index (χ4v) is 1.60. The summed E-state index contributed by atoms with van der Waals surface area (Å²) in [7, 11) is 1.67. The van der Waals surface area contributed by atoms with Crippen molar-refractivity contribution in [2.45, 2.75) is 33.6 Å². The normalized spacial score (nSPS) is 10.7. The molecule has 0 heterocycles. The van der Waals surface area contributed by atoms with E-state index in [1.54, 1.807) is 7.11 Å². The van der Waals surface area contributed by atoms with Gasteiger partial charge in [-0.1, -0.05) is 19.9 Å². The van der Waals surface area contributed by atoms with Crippen LogP contribution in [0.3, 0.4) is 0 Å². The van der Waals surface area contributed by atoms with Crippen molar-refractivity contribution in [1.29, 1.82) is 0 Å². The lowest BCUT2D eigenvalue weighted by Crippen LogP contribution is -2.03. The maximum Gasteiger partial charge on any atom is 0.145 e. The van der Waals surface area contributed by atoms with Crippen molar-refractivity contribution in [3.8, 4) is 5.75 Å². The highest BCUT2D eigenvalue weighted by atomic mass is 16.5. The summed E-state index contributed by atoms with van der Waals surface area (Å²) in [6.45, 7) is 8.40. The fourth-order valence-electron chi connectivity index (χ4n) is 1.60. The van der Waals surface area contributed by atoms with Crippen LogP contribution in [0.15, 0.2) is 6.07 Å². The Bertz CT molecular complexity index is 343. The SMILES string of the molecule is COc1c(C(C)C)cc(C)c(C)c1N. The number of rotatable bonds is 2. The van der Waals surface area contributed by atoms with E-state index in [2.05, 4.69) is 26.8 Å². The molecule has 2 nitrogen and oxygen atoms in total. The Labute approximate surface area is 86.1 Å². The average Bonchev–Trinajstić information content (AvgIpc) is 2.13. The molecule has 0 aromatic heterocycles. The van der Waals surface area contributed by atoms with Gasteiger partial charge in [0.15, 0.2) is 0 Å². The predicted octanol–water partition coefficient (Wildman–Crippen LogP) is 3.02. The second-order valence-electron chi connectivity index (χ2n) is 4.01. The summed E-state index contributed by atoms with van der Waals surface area (Å²) >= 11 is 0. The molecule has 14 heavy (non-hydrogen) atoms. The number of nitrogens with two attached hydrogens (primary N) is 1. The third kappa shape index (κ3) is 1.69. The Morgan fingerprint density at radius 2 is 1.86 bits per heavy atom. The van der Waals surface area contributed by atoms with Gasteiger partial charge in [-0.2, -0.15) is 0 Å². The third-order valence-corrected chi connectivity index (χ3v) is 2.70. The molecule has 0 saturated heterocycles. The van der Waals surface area contributed by atoms with Gasteiger partial charge >= 0.3 is 0 Å². The molecular weight excluding hydrogens is 174 g/mol. The van der Waals surface area contributed by atoms with E-state index in [1.165, 1.54) is 11.1 Å². The van der Waals surface area contributed by atoms with Gasteiger partial charge in [-0.25, -0.2) is 0 Å². The summed E-state index contributed by atoms with van der Waals surface area (Å²) in [5.74, 6) is 1.27. The van der Waals surface area contributed by atoms with Crippen molar-refractivity contribution < 1.29 is 4.74 Å². The summed E-state index contributed by atoms with van der Waals surface area (Å²) in [5.41, 5.74) is 10.3. The molecule has 0 fully saturated rings. The standard InChI is InChI=1S/C12H19NO/c1-7(2)10-6-8(3)9(4)11(13)12(10)14-5/h6-7H,13H2,1-5H3. The molecule has 0 saturated carbocycles. The molecule has 0 radical (unpaired) electrons. The van der Waals surface area contributed by atoms with Crippen molar-refractivity contribution >= 4 is 5.69 Å². The first-order chi connectivity index (χ1) is 6.49. The first kappa shape index (κ1) is 10.9. The minimum Gasteiger partial charge on any atom is -0.494 e. The van der Waals surface area contributed by atoms with E-state index in [9.17, 15) is 0 Å². The van der Waals surface area contributed by atoms with Crippen LogP contribution in [0, 0.1) is 13.8 Å². The van der Waals surface area contributed by atoms with Crippen LogP contribution in [0.2, 0.25) is 0 Å². The van der Waals surface area contributed by atoms with Gasteiger partial charge in [0.25, 0.3) is 0 Å². The second-order valence-corrected chi connectivity index (χ2v) is 4.01. The van der Waals surface area contributed by atoms with Gasteiger partial charge in [0.05, 0.1) is 12.8 Å². The molecule has 0 atom stereocenters. The number of methoxy groups -OCH3 is 1. The summed E-state index contributed by atoms with van der Waals surface area (Å²) in [5, 5.41) is 0. The van der Waals surface area contributed by atoms with Gasteiger partial charge in [0, 0.05) is 0 Å². The predicted molar refractivity (Wildman–Crippen MR) is 61.0 cm³/mol. The molecule has 1 aromatic rings. The zero-order valence-corrected chi connectivity index (χ0v) is 9.64. The molecule has 0 amide bonds. The Morgan fingerprint density at radius 3 is 2.29 bits per heavy atom. The van der Waals surface area contributed by atoms with Gasteiger partial charge in [-0.15, -0.1) is 0 Å². The highest BCUT2D eigenvalue weighted by Crippen LogP contribution is 2.35. The fraction of sp³-hybridized carbons (Fsp3) is 0.500. The van der Waals surface area contributed by atoms with Crippen LogP contribution in [-0.4, -0.2) is 7.11 Å². The highest BCUT2D eigenvalue weighted by Gasteiger charge is 2.14. The smallest absolute Gasteiger partial charge is 0.145 e. The topological polar surface area (TPSA) is 35.2 Å². The molecule has 0 unspecified atom stereocenters. The lowest BCUT2D eigenvalue weighted by molar-refractivity contribution is 0.409. The van der Waals surface area contributed by atoms with Crippen LogP contribution in [0.5, 0.6) is 5.75 Å². The lowest BCUT2D eigenvalue weighted by Gasteiger charge is -2.17. The van der Waals surface area contributed by atoms with Crippen molar-refractivity contribution in [3.05, 3.63) is 22.8 Å².